The Balaban J connectivity index is 1.64. The van der Waals surface area contributed by atoms with E-state index in [2.05, 4.69) is 10.6 Å². The van der Waals surface area contributed by atoms with Gasteiger partial charge >= 0.3 is 0 Å². The van der Waals surface area contributed by atoms with Crippen LogP contribution in [-0.4, -0.2) is 41.7 Å². The third-order valence-corrected chi connectivity index (χ3v) is 6.94. The summed E-state index contributed by atoms with van der Waals surface area (Å²) in [7, 11) is 1.27. The van der Waals surface area contributed by atoms with E-state index in [1.54, 1.807) is 24.3 Å². The first-order valence-electron chi connectivity index (χ1n) is 10.9. The molecule has 2 aromatic rings. The molecule has 0 aromatic heterocycles. The summed E-state index contributed by atoms with van der Waals surface area (Å²) >= 11 is 0. The van der Waals surface area contributed by atoms with Crippen LogP contribution in [0.3, 0.4) is 0 Å². The molecule has 180 valence electrons. The van der Waals surface area contributed by atoms with E-state index in [0.29, 0.717) is 11.3 Å². The van der Waals surface area contributed by atoms with Gasteiger partial charge in [-0.25, -0.2) is 4.90 Å². The second-order valence-corrected chi connectivity index (χ2v) is 8.69. The lowest BCUT2D eigenvalue weighted by molar-refractivity contribution is -0.384. The average molecular weight is 479 g/mol. The fourth-order valence-corrected chi connectivity index (χ4v) is 5.51. The van der Waals surface area contributed by atoms with Crippen LogP contribution in [0.2, 0.25) is 0 Å². The largest absolute Gasteiger partial charge is 0.494 e. The molecule has 0 bridgehead atoms. The highest BCUT2D eigenvalue weighted by Crippen LogP contribution is 2.54. The third kappa shape index (κ3) is 3.10. The summed E-state index contributed by atoms with van der Waals surface area (Å²) in [6.45, 7) is 0. The zero-order chi connectivity index (χ0) is 25.1. The van der Waals surface area contributed by atoms with Crippen LogP contribution in [-0.2, 0) is 24.7 Å². The molecule has 12 nitrogen and oxygen atoms in total. The number of nitrogens with zero attached hydrogens (tertiary/aromatic N) is 2. The van der Waals surface area contributed by atoms with Crippen molar-refractivity contribution in [1.29, 1.82) is 0 Å². The molecular weight excluding hydrogens is 458 g/mol. The first-order chi connectivity index (χ1) is 16.7. The van der Waals surface area contributed by atoms with Crippen molar-refractivity contribution in [3.63, 3.8) is 0 Å². The van der Waals surface area contributed by atoms with Gasteiger partial charge < -0.3 is 15.8 Å². The molecule has 3 aliphatic rings. The number of nitro benzene ring substituents is 1. The number of imide groups is 1. The molecule has 2 fully saturated rings. The molecule has 2 saturated heterocycles. The second-order valence-electron chi connectivity index (χ2n) is 8.69. The SMILES string of the molecule is COc1cc([N+](=O)[O-])ccc1N1C(=O)[C@@H]2[C@H](CCC(N)=O)N[C@@]3(C(=O)Nc4ccccc43)[C@@H]2C1=O. The normalized spacial score (nSPS) is 26.6. The van der Waals surface area contributed by atoms with Gasteiger partial charge in [0, 0.05) is 29.8 Å². The van der Waals surface area contributed by atoms with E-state index in [-0.39, 0.29) is 30.0 Å². The minimum absolute atomic E-state index is 0.0344. The van der Waals surface area contributed by atoms with Crippen LogP contribution in [0.15, 0.2) is 42.5 Å². The number of ether oxygens (including phenoxy) is 1. The standard InChI is InChI=1S/C23H21N5O7/c1-35-16-10-11(28(33)34)6-8-15(16)27-20(30)18-14(7-9-17(24)29)26-23(19(18)21(27)31)12-4-2-3-5-13(12)25-22(23)32/h2-6,8,10,14,18-19,26H,7,9H2,1H3,(H2,24,29)(H,25,32)/t14-,18+,19-,23+/m0/s1. The number of hydrogen-bond donors (Lipinski definition) is 3. The Morgan fingerprint density at radius 2 is 1.94 bits per heavy atom. The Morgan fingerprint density at radius 1 is 1.20 bits per heavy atom. The number of amides is 4. The molecule has 3 heterocycles. The lowest BCUT2D eigenvalue weighted by atomic mass is 9.76. The van der Waals surface area contributed by atoms with Crippen molar-refractivity contribution < 1.29 is 28.8 Å². The van der Waals surface area contributed by atoms with E-state index < -0.39 is 52.0 Å². The van der Waals surface area contributed by atoms with Gasteiger partial charge in [-0.1, -0.05) is 18.2 Å². The van der Waals surface area contributed by atoms with Crippen LogP contribution in [0.1, 0.15) is 18.4 Å². The maximum absolute atomic E-state index is 13.9. The molecule has 35 heavy (non-hydrogen) atoms. The monoisotopic (exact) mass is 479 g/mol. The zero-order valence-corrected chi connectivity index (χ0v) is 18.5. The number of hydrogen-bond acceptors (Lipinski definition) is 8. The molecule has 12 heteroatoms. The van der Waals surface area contributed by atoms with Crippen LogP contribution in [0.5, 0.6) is 5.75 Å². The van der Waals surface area contributed by atoms with Crippen LogP contribution in [0.25, 0.3) is 0 Å². The van der Waals surface area contributed by atoms with Crippen molar-refractivity contribution in [3.05, 3.63) is 58.1 Å². The number of nitro groups is 1. The highest BCUT2D eigenvalue weighted by Gasteiger charge is 2.70. The van der Waals surface area contributed by atoms with Gasteiger partial charge in [0.25, 0.3) is 5.69 Å². The highest BCUT2D eigenvalue weighted by molar-refractivity contribution is 6.26. The Bertz CT molecular complexity index is 1310. The molecule has 5 rings (SSSR count). The number of methoxy groups -OCH3 is 1. The van der Waals surface area contributed by atoms with Crippen molar-refractivity contribution in [1.82, 2.24) is 5.32 Å². The summed E-state index contributed by atoms with van der Waals surface area (Å²) in [5.41, 5.74) is 4.62. The molecule has 0 saturated carbocycles. The minimum atomic E-state index is -1.53. The van der Waals surface area contributed by atoms with E-state index in [1.165, 1.54) is 19.2 Å². The molecule has 0 radical (unpaired) electrons. The molecule has 0 unspecified atom stereocenters. The van der Waals surface area contributed by atoms with Gasteiger partial charge in [-0.2, -0.15) is 0 Å². The summed E-state index contributed by atoms with van der Waals surface area (Å²) in [6, 6.07) is 9.75. The van der Waals surface area contributed by atoms with Crippen LogP contribution in [0, 0.1) is 22.0 Å². The Morgan fingerprint density at radius 3 is 2.63 bits per heavy atom. The number of anilines is 2. The van der Waals surface area contributed by atoms with E-state index in [0.717, 1.165) is 11.0 Å². The number of rotatable bonds is 6. The van der Waals surface area contributed by atoms with Crippen LogP contribution in [0.4, 0.5) is 17.1 Å². The molecule has 3 aliphatic heterocycles. The van der Waals surface area contributed by atoms with E-state index in [4.69, 9.17) is 10.5 Å². The quantitative estimate of drug-likeness (QED) is 0.310. The van der Waals surface area contributed by atoms with Gasteiger partial charge in [0.1, 0.15) is 11.3 Å². The van der Waals surface area contributed by atoms with Crippen molar-refractivity contribution in [2.75, 3.05) is 17.3 Å². The summed E-state index contributed by atoms with van der Waals surface area (Å²) in [5, 5.41) is 17.2. The number of para-hydroxylation sites is 1. The van der Waals surface area contributed by atoms with Crippen molar-refractivity contribution >= 4 is 40.7 Å². The Kier molecular flexibility index (Phi) is 5.06. The number of carbonyl (C=O) groups is 4. The van der Waals surface area contributed by atoms with Gasteiger partial charge in [0.2, 0.25) is 23.6 Å². The molecule has 4 amide bonds. The molecule has 4 atom stereocenters. The first kappa shape index (κ1) is 22.5. The lowest BCUT2D eigenvalue weighted by Crippen LogP contribution is -2.53. The van der Waals surface area contributed by atoms with Gasteiger partial charge in [0.05, 0.1) is 35.6 Å². The van der Waals surface area contributed by atoms with E-state index in [9.17, 15) is 29.3 Å². The van der Waals surface area contributed by atoms with E-state index in [1.807, 2.05) is 0 Å². The van der Waals surface area contributed by atoms with Crippen LogP contribution < -0.4 is 26.0 Å². The summed E-state index contributed by atoms with van der Waals surface area (Å²) < 4.78 is 5.26. The molecule has 4 N–H and O–H groups in total. The number of non-ortho nitro benzene ring substituents is 1. The fourth-order valence-electron chi connectivity index (χ4n) is 5.51. The van der Waals surface area contributed by atoms with Crippen LogP contribution >= 0.6 is 0 Å². The summed E-state index contributed by atoms with van der Waals surface area (Å²) in [4.78, 5) is 64.0. The number of benzene rings is 2. The predicted molar refractivity (Wildman–Crippen MR) is 121 cm³/mol. The van der Waals surface area contributed by atoms with Gasteiger partial charge in [-0.3, -0.25) is 34.6 Å². The number of nitrogens with one attached hydrogen (secondary N) is 2. The number of primary amides is 1. The zero-order valence-electron chi connectivity index (χ0n) is 18.5. The Labute approximate surface area is 198 Å². The second kappa shape index (κ2) is 7.87. The molecule has 1 spiro atoms. The third-order valence-electron chi connectivity index (χ3n) is 6.94. The van der Waals surface area contributed by atoms with Gasteiger partial charge in [-0.15, -0.1) is 0 Å². The minimum Gasteiger partial charge on any atom is -0.494 e. The first-order valence-corrected chi connectivity index (χ1v) is 10.9. The maximum atomic E-state index is 13.9. The van der Waals surface area contributed by atoms with Gasteiger partial charge in [-0.05, 0) is 18.6 Å². The summed E-state index contributed by atoms with van der Waals surface area (Å²) in [5.74, 6) is -4.42. The van der Waals surface area contributed by atoms with Gasteiger partial charge in [0.15, 0.2) is 0 Å². The maximum Gasteiger partial charge on any atom is 0.273 e. The van der Waals surface area contributed by atoms with Crippen molar-refractivity contribution in [2.45, 2.75) is 24.4 Å². The molecule has 2 aromatic carbocycles. The fraction of sp³-hybridized carbons (Fsp3) is 0.304. The lowest BCUT2D eigenvalue weighted by Gasteiger charge is -2.29. The molecular formula is C23H21N5O7. The topological polar surface area (TPSA) is 174 Å². The van der Waals surface area contributed by atoms with Crippen molar-refractivity contribution in [2.24, 2.45) is 17.6 Å². The smallest absolute Gasteiger partial charge is 0.273 e. The molecule has 0 aliphatic carbocycles. The van der Waals surface area contributed by atoms with Crippen molar-refractivity contribution in [3.8, 4) is 5.75 Å². The summed E-state index contributed by atoms with van der Waals surface area (Å²) in [6.07, 6.45) is 0.0838. The predicted octanol–water partition coefficient (Wildman–Crippen LogP) is 0.794. The average Bonchev–Trinajstić information content (AvgIpc) is 3.41. The Hall–Kier alpha value is -4.32. The number of carbonyl (C=O) groups excluding carboxylic acids is 4. The van der Waals surface area contributed by atoms with E-state index >= 15 is 0 Å². The highest BCUT2D eigenvalue weighted by atomic mass is 16.6. The number of fused-ring (bicyclic) bond motifs is 4. The number of nitrogens with two attached hydrogens (primary N) is 1.